The fourth-order valence-corrected chi connectivity index (χ4v) is 8.23. The molecule has 5 aromatic rings. The van der Waals surface area contributed by atoms with Crippen LogP contribution in [0.1, 0.15) is 139 Å². The Labute approximate surface area is 354 Å². The molecular formula is C51H59IO5. The van der Waals surface area contributed by atoms with Gasteiger partial charge in [-0.1, -0.05) is 125 Å². The summed E-state index contributed by atoms with van der Waals surface area (Å²) in [7, 11) is 0. The lowest BCUT2D eigenvalue weighted by Gasteiger charge is -2.30. The number of fused-ring (bicyclic) bond motifs is 2. The molecule has 5 nitrogen and oxygen atoms in total. The van der Waals surface area contributed by atoms with Gasteiger partial charge >= 0.3 is 11.9 Å². The van der Waals surface area contributed by atoms with Gasteiger partial charge in [0.2, 0.25) is 0 Å². The van der Waals surface area contributed by atoms with Crippen LogP contribution in [0.2, 0.25) is 0 Å². The summed E-state index contributed by atoms with van der Waals surface area (Å²) >= 11 is 2.46. The van der Waals surface area contributed by atoms with Gasteiger partial charge in [-0.2, -0.15) is 0 Å². The van der Waals surface area contributed by atoms with Crippen LogP contribution in [0.4, 0.5) is 0 Å². The molecule has 0 bridgehead atoms. The van der Waals surface area contributed by atoms with E-state index in [9.17, 15) is 14.7 Å². The van der Waals surface area contributed by atoms with Crippen molar-refractivity contribution in [2.24, 2.45) is 0 Å². The number of hydrogen-bond acceptors (Lipinski definition) is 5. The fourth-order valence-electron chi connectivity index (χ4n) is 7.31. The number of carbonyl (C=O) groups is 2. The Kier molecular flexibility index (Phi) is 11.7. The first-order valence-corrected chi connectivity index (χ1v) is 20.8. The van der Waals surface area contributed by atoms with E-state index in [1.54, 1.807) is 13.8 Å². The van der Waals surface area contributed by atoms with Gasteiger partial charge in [0.25, 0.3) is 0 Å². The van der Waals surface area contributed by atoms with Gasteiger partial charge in [-0.3, -0.25) is 9.59 Å². The first kappa shape index (κ1) is 43.9. The lowest BCUT2D eigenvalue weighted by atomic mass is 9.77. The van der Waals surface area contributed by atoms with E-state index < -0.39 is 5.60 Å². The van der Waals surface area contributed by atoms with Gasteiger partial charge < -0.3 is 14.6 Å². The van der Waals surface area contributed by atoms with E-state index in [0.29, 0.717) is 11.5 Å². The van der Waals surface area contributed by atoms with Gasteiger partial charge in [-0.05, 0) is 127 Å². The molecule has 0 radical (unpaired) electrons. The van der Waals surface area contributed by atoms with Crippen molar-refractivity contribution in [3.8, 4) is 45.6 Å². The molecule has 0 fully saturated rings. The number of aliphatic hydroxyl groups is 1. The van der Waals surface area contributed by atoms with Gasteiger partial charge in [0, 0.05) is 50.6 Å². The molecule has 300 valence electrons. The van der Waals surface area contributed by atoms with E-state index in [4.69, 9.17) is 9.47 Å². The van der Waals surface area contributed by atoms with Gasteiger partial charge in [-0.15, -0.1) is 0 Å². The molecule has 5 aromatic carbocycles. The molecule has 0 atom stereocenters. The molecule has 0 aliphatic carbocycles. The van der Waals surface area contributed by atoms with E-state index in [2.05, 4.69) is 178 Å². The van der Waals surface area contributed by atoms with Crippen LogP contribution in [0.3, 0.4) is 0 Å². The quantitative estimate of drug-likeness (QED) is 0.0640. The van der Waals surface area contributed by atoms with Crippen LogP contribution in [0.5, 0.6) is 11.5 Å². The average Bonchev–Trinajstić information content (AvgIpc) is 3.05. The summed E-state index contributed by atoms with van der Waals surface area (Å²) < 4.78 is 13.1. The Morgan fingerprint density at radius 2 is 1.00 bits per heavy atom. The summed E-state index contributed by atoms with van der Waals surface area (Å²) in [6, 6.07) is 21.6. The second kappa shape index (κ2) is 15.2. The predicted molar refractivity (Wildman–Crippen MR) is 246 cm³/mol. The molecule has 5 rings (SSSR count). The number of carbonyl (C=O) groups excluding carboxylic acids is 2. The number of hydrogen-bond donors (Lipinski definition) is 1. The van der Waals surface area contributed by atoms with Crippen molar-refractivity contribution >= 4 is 56.1 Å². The van der Waals surface area contributed by atoms with Gasteiger partial charge in [0.05, 0.1) is 0 Å². The van der Waals surface area contributed by atoms with Crippen LogP contribution in [0.15, 0.2) is 60.7 Å². The standard InChI is InChI=1S/C51H59IO5/c1-29(53)56-45-39(47(3,4)5)25-32(26-40(45)48(6,7)8)31-20-21-36-38(24-31)35(22-23-51(15,16)55)43-34(18-17-19-37(43)44(36)52)33-27-41(49(9,10)11)46(57-30(2)54)42(28-33)50(12,13)14/h17-21,24-28,55H,1-16H3. The van der Waals surface area contributed by atoms with Crippen molar-refractivity contribution in [1.29, 1.82) is 0 Å². The molecule has 0 aliphatic heterocycles. The summed E-state index contributed by atoms with van der Waals surface area (Å²) in [5, 5.41) is 15.1. The SMILES string of the molecule is CC(=O)Oc1c(C(C)(C)C)cc(-c2ccc3c(I)c4cccc(-c5cc(C(C)(C)C)c(OC(C)=O)c(C(C)(C)C)c5)c4c(C#CC(C)(C)O)c3c2)cc1C(C)(C)C. The molecule has 1 N–H and O–H groups in total. The van der Waals surface area contributed by atoms with Crippen LogP contribution in [-0.4, -0.2) is 22.6 Å². The van der Waals surface area contributed by atoms with E-state index in [1.807, 2.05) is 0 Å². The minimum absolute atomic E-state index is 0.315. The highest BCUT2D eigenvalue weighted by molar-refractivity contribution is 14.1. The van der Waals surface area contributed by atoms with Crippen LogP contribution in [0, 0.1) is 15.4 Å². The first-order chi connectivity index (χ1) is 26.0. The molecule has 6 heteroatoms. The highest BCUT2D eigenvalue weighted by Gasteiger charge is 2.31. The Balaban J connectivity index is 1.98. The number of esters is 2. The minimum Gasteiger partial charge on any atom is -0.426 e. The Morgan fingerprint density at radius 1 is 0.561 bits per heavy atom. The maximum Gasteiger partial charge on any atom is 0.308 e. The van der Waals surface area contributed by atoms with Crippen molar-refractivity contribution in [2.45, 2.75) is 138 Å². The third kappa shape index (κ3) is 9.42. The smallest absolute Gasteiger partial charge is 0.308 e. The zero-order valence-corrected chi connectivity index (χ0v) is 38.9. The minimum atomic E-state index is -1.24. The second-order valence-corrected chi connectivity index (χ2v) is 21.1. The van der Waals surface area contributed by atoms with Crippen molar-refractivity contribution in [2.75, 3.05) is 0 Å². The van der Waals surface area contributed by atoms with E-state index >= 15 is 0 Å². The largest absolute Gasteiger partial charge is 0.426 e. The lowest BCUT2D eigenvalue weighted by molar-refractivity contribution is -0.133. The Hall–Kier alpha value is -4.19. The molecule has 0 unspecified atom stereocenters. The normalized spacial score (nSPS) is 12.7. The number of halogens is 1. The van der Waals surface area contributed by atoms with Crippen molar-refractivity contribution in [3.63, 3.8) is 0 Å². The molecule has 0 saturated heterocycles. The van der Waals surface area contributed by atoms with E-state index in [1.165, 1.54) is 13.8 Å². The maximum atomic E-state index is 12.5. The van der Waals surface area contributed by atoms with E-state index in [-0.39, 0.29) is 33.6 Å². The lowest BCUT2D eigenvalue weighted by Crippen LogP contribution is -2.21. The zero-order valence-electron chi connectivity index (χ0n) is 36.7. The molecule has 0 aromatic heterocycles. The second-order valence-electron chi connectivity index (χ2n) is 20.0. The Bertz CT molecular complexity index is 2420. The highest BCUT2D eigenvalue weighted by Crippen LogP contribution is 2.47. The van der Waals surface area contributed by atoms with E-state index in [0.717, 1.165) is 75.2 Å². The molecule has 0 aliphatic rings. The molecule has 0 spiro atoms. The molecule has 0 amide bonds. The predicted octanol–water partition coefficient (Wildman–Crippen LogP) is 13.1. The molecular weight excluding hydrogens is 819 g/mol. The summed E-state index contributed by atoms with van der Waals surface area (Å²) in [5.41, 5.74) is 6.08. The van der Waals surface area contributed by atoms with Crippen LogP contribution >= 0.6 is 22.6 Å². The van der Waals surface area contributed by atoms with Gasteiger partial charge in [0.1, 0.15) is 17.1 Å². The molecule has 57 heavy (non-hydrogen) atoms. The monoisotopic (exact) mass is 878 g/mol. The fraction of sp³-hybridized carbons (Fsp3) is 0.412. The summed E-state index contributed by atoms with van der Waals surface area (Å²) in [5.74, 6) is 7.19. The number of rotatable bonds is 4. The topological polar surface area (TPSA) is 72.8 Å². The maximum absolute atomic E-state index is 12.5. The van der Waals surface area contributed by atoms with Crippen molar-refractivity contribution in [3.05, 3.63) is 92.1 Å². The molecule has 0 saturated carbocycles. The Morgan fingerprint density at radius 3 is 1.40 bits per heavy atom. The van der Waals surface area contributed by atoms with Crippen LogP contribution in [-0.2, 0) is 31.2 Å². The molecule has 0 heterocycles. The summed E-state index contributed by atoms with van der Waals surface area (Å²) in [4.78, 5) is 24.9. The first-order valence-electron chi connectivity index (χ1n) is 19.7. The summed E-state index contributed by atoms with van der Waals surface area (Å²) in [6.07, 6.45) is 0. The summed E-state index contributed by atoms with van der Waals surface area (Å²) in [6.45, 7) is 32.0. The van der Waals surface area contributed by atoms with Crippen molar-refractivity contribution < 1.29 is 24.2 Å². The average molecular weight is 879 g/mol. The zero-order chi connectivity index (χ0) is 42.8. The van der Waals surface area contributed by atoms with Crippen LogP contribution < -0.4 is 9.47 Å². The highest BCUT2D eigenvalue weighted by atomic mass is 127. The number of ether oxygens (including phenoxy) is 2. The third-order valence-corrected chi connectivity index (χ3v) is 11.3. The van der Waals surface area contributed by atoms with Crippen LogP contribution in [0.25, 0.3) is 43.8 Å². The number of benzene rings is 5. The van der Waals surface area contributed by atoms with Gasteiger partial charge in [-0.25, -0.2) is 0 Å². The third-order valence-electron chi connectivity index (χ3n) is 10.1. The van der Waals surface area contributed by atoms with Gasteiger partial charge in [0.15, 0.2) is 0 Å². The van der Waals surface area contributed by atoms with Crippen molar-refractivity contribution in [1.82, 2.24) is 0 Å².